The van der Waals surface area contributed by atoms with Crippen molar-refractivity contribution in [3.8, 4) is 0 Å². The predicted molar refractivity (Wildman–Crippen MR) is 128 cm³/mol. The van der Waals surface area contributed by atoms with Crippen LogP contribution in [0.3, 0.4) is 0 Å². The summed E-state index contributed by atoms with van der Waals surface area (Å²) in [4.78, 5) is 16.9. The number of nitrogens with zero attached hydrogens (tertiary/aromatic N) is 1. The number of carbonyl (C=O) groups is 1. The first-order chi connectivity index (χ1) is 15.4. The van der Waals surface area contributed by atoms with Gasteiger partial charge in [0.2, 0.25) is 5.90 Å². The van der Waals surface area contributed by atoms with Gasteiger partial charge in [0, 0.05) is 22.9 Å². The van der Waals surface area contributed by atoms with Gasteiger partial charge in [0.1, 0.15) is 6.10 Å². The van der Waals surface area contributed by atoms with E-state index in [1.165, 1.54) is 37.7 Å². The molecule has 0 N–H and O–H groups in total. The maximum atomic E-state index is 12.1. The number of aliphatic imine (C=N–C) groups is 1. The highest BCUT2D eigenvalue weighted by Crippen LogP contribution is 2.67. The molecule has 1 heterocycles. The van der Waals surface area contributed by atoms with Gasteiger partial charge in [0.05, 0.1) is 6.54 Å². The number of ketones is 1. The number of benzene rings is 1. The summed E-state index contributed by atoms with van der Waals surface area (Å²) in [7, 11) is 0. The van der Waals surface area contributed by atoms with E-state index >= 15 is 0 Å². The largest absolute Gasteiger partial charge is 0.472 e. The fourth-order valence-electron chi connectivity index (χ4n) is 8.59. The molecule has 0 spiro atoms. The van der Waals surface area contributed by atoms with Crippen molar-refractivity contribution in [3.63, 3.8) is 0 Å². The first-order valence-electron chi connectivity index (χ1n) is 12.6. The smallest absolute Gasteiger partial charge is 0.216 e. The van der Waals surface area contributed by atoms with E-state index in [1.807, 2.05) is 30.3 Å². The number of halogens is 1. The van der Waals surface area contributed by atoms with Crippen LogP contribution in [0.2, 0.25) is 5.02 Å². The summed E-state index contributed by atoms with van der Waals surface area (Å²) >= 11 is 6.20. The lowest BCUT2D eigenvalue weighted by Gasteiger charge is -2.58. The van der Waals surface area contributed by atoms with E-state index < -0.39 is 0 Å². The van der Waals surface area contributed by atoms with Crippen molar-refractivity contribution >= 4 is 23.3 Å². The van der Waals surface area contributed by atoms with Crippen molar-refractivity contribution in [3.05, 3.63) is 46.5 Å². The van der Waals surface area contributed by atoms with Gasteiger partial charge in [0.15, 0.2) is 5.78 Å². The summed E-state index contributed by atoms with van der Waals surface area (Å²) < 4.78 is 6.50. The van der Waals surface area contributed by atoms with Crippen LogP contribution in [0.4, 0.5) is 0 Å². The molecular formula is C28H34ClNO2. The van der Waals surface area contributed by atoms with E-state index in [0.717, 1.165) is 60.0 Å². The van der Waals surface area contributed by atoms with E-state index in [1.54, 1.807) is 0 Å². The van der Waals surface area contributed by atoms with Crippen LogP contribution in [-0.2, 0) is 9.53 Å². The van der Waals surface area contributed by atoms with Crippen LogP contribution in [-0.4, -0.2) is 24.3 Å². The average molecular weight is 452 g/mol. The van der Waals surface area contributed by atoms with Crippen LogP contribution < -0.4 is 0 Å². The Hall–Kier alpha value is -1.61. The summed E-state index contributed by atoms with van der Waals surface area (Å²) in [6, 6.07) is 7.86. The summed E-state index contributed by atoms with van der Waals surface area (Å²) in [5.41, 5.74) is 3.05. The van der Waals surface area contributed by atoms with Crippen LogP contribution >= 0.6 is 11.6 Å². The zero-order valence-corrected chi connectivity index (χ0v) is 20.0. The number of rotatable bonds is 2. The highest BCUT2D eigenvalue weighted by molar-refractivity contribution is 6.31. The molecule has 0 radical (unpaired) electrons. The fourth-order valence-corrected chi connectivity index (χ4v) is 8.78. The minimum atomic E-state index is 0.192. The van der Waals surface area contributed by atoms with E-state index in [0.29, 0.717) is 17.1 Å². The Balaban J connectivity index is 1.21. The lowest BCUT2D eigenvalue weighted by atomic mass is 9.46. The molecule has 3 saturated carbocycles. The third kappa shape index (κ3) is 3.06. The molecule has 0 aromatic heterocycles. The summed E-state index contributed by atoms with van der Waals surface area (Å²) in [6.45, 7) is 5.81. The van der Waals surface area contributed by atoms with E-state index in [9.17, 15) is 4.79 Å². The van der Waals surface area contributed by atoms with Gasteiger partial charge >= 0.3 is 0 Å². The Labute approximate surface area is 196 Å². The molecule has 0 bridgehead atoms. The Morgan fingerprint density at radius 1 is 1.03 bits per heavy atom. The molecule has 170 valence electrons. The fraction of sp³-hybridized carbons (Fsp3) is 0.643. The number of fused-ring (bicyclic) bond motifs is 5. The molecule has 5 aliphatic rings. The average Bonchev–Trinajstić information content (AvgIpc) is 3.38. The monoisotopic (exact) mass is 451 g/mol. The molecule has 1 aromatic carbocycles. The second kappa shape index (κ2) is 7.45. The van der Waals surface area contributed by atoms with Crippen LogP contribution in [0.15, 0.2) is 40.9 Å². The van der Waals surface area contributed by atoms with Crippen LogP contribution in [0, 0.1) is 34.5 Å². The molecule has 1 aromatic rings. The number of carbonyl (C=O) groups excluding carboxylic acids is 1. The van der Waals surface area contributed by atoms with Gasteiger partial charge in [-0.1, -0.05) is 37.1 Å². The van der Waals surface area contributed by atoms with Crippen molar-refractivity contribution in [1.82, 2.24) is 0 Å². The predicted octanol–water partition coefficient (Wildman–Crippen LogP) is 6.63. The van der Waals surface area contributed by atoms with Crippen molar-refractivity contribution < 1.29 is 9.53 Å². The Morgan fingerprint density at radius 2 is 1.88 bits per heavy atom. The molecule has 0 amide bonds. The van der Waals surface area contributed by atoms with Gasteiger partial charge in [0.25, 0.3) is 0 Å². The SMILES string of the molecule is C[C@]12CC[C@H]3[C@@H](CCC4=CC(=O)CC[C@@]43C)[C@@H]1CC[C@@H]2[C@@H]1CN=C(c2cccc(Cl)c2)O1. The second-order valence-electron chi connectivity index (χ2n) is 11.5. The molecule has 3 fully saturated rings. The minimum absolute atomic E-state index is 0.192. The van der Waals surface area contributed by atoms with Gasteiger partial charge in [-0.25, -0.2) is 4.99 Å². The number of hydrogen-bond donors (Lipinski definition) is 0. The minimum Gasteiger partial charge on any atom is -0.472 e. The van der Waals surface area contributed by atoms with Gasteiger partial charge in [-0.3, -0.25) is 4.79 Å². The lowest BCUT2D eigenvalue weighted by Crippen LogP contribution is -2.51. The maximum Gasteiger partial charge on any atom is 0.216 e. The molecule has 7 atom stereocenters. The third-order valence-electron chi connectivity index (χ3n) is 10.2. The molecule has 6 rings (SSSR count). The number of allylic oxidation sites excluding steroid dienone is 1. The number of ether oxygens (including phenoxy) is 1. The highest BCUT2D eigenvalue weighted by atomic mass is 35.5. The molecule has 4 heteroatoms. The first-order valence-corrected chi connectivity index (χ1v) is 13.0. The molecule has 1 aliphatic heterocycles. The Morgan fingerprint density at radius 3 is 2.72 bits per heavy atom. The molecule has 0 saturated heterocycles. The molecular weight excluding hydrogens is 418 g/mol. The summed E-state index contributed by atoms with van der Waals surface area (Å²) in [6.07, 6.45) is 11.6. The normalized spacial score (nSPS) is 43.0. The molecule has 0 unspecified atom stereocenters. The van der Waals surface area contributed by atoms with Crippen LogP contribution in [0.5, 0.6) is 0 Å². The molecule has 3 nitrogen and oxygen atoms in total. The van der Waals surface area contributed by atoms with Crippen molar-refractivity contribution in [2.75, 3.05) is 6.54 Å². The topological polar surface area (TPSA) is 38.7 Å². The zero-order chi connectivity index (χ0) is 22.1. The first kappa shape index (κ1) is 21.0. The van der Waals surface area contributed by atoms with Gasteiger partial charge in [-0.2, -0.15) is 0 Å². The Kier molecular flexibility index (Phi) is 4.88. The molecule has 4 aliphatic carbocycles. The van der Waals surface area contributed by atoms with Crippen LogP contribution in [0.25, 0.3) is 0 Å². The zero-order valence-electron chi connectivity index (χ0n) is 19.3. The summed E-state index contributed by atoms with van der Waals surface area (Å²) in [5, 5.41) is 0.729. The van der Waals surface area contributed by atoms with Crippen molar-refractivity contribution in [2.45, 2.75) is 71.3 Å². The number of hydrogen-bond acceptors (Lipinski definition) is 3. The van der Waals surface area contributed by atoms with E-state index in [-0.39, 0.29) is 11.5 Å². The molecule has 32 heavy (non-hydrogen) atoms. The summed E-state index contributed by atoms with van der Waals surface area (Å²) in [5.74, 6) is 4.02. The third-order valence-corrected chi connectivity index (χ3v) is 10.5. The van der Waals surface area contributed by atoms with E-state index in [4.69, 9.17) is 21.3 Å². The van der Waals surface area contributed by atoms with Gasteiger partial charge in [-0.05, 0) is 97.8 Å². The van der Waals surface area contributed by atoms with Crippen LogP contribution in [0.1, 0.15) is 70.8 Å². The van der Waals surface area contributed by atoms with Crippen molar-refractivity contribution in [2.24, 2.45) is 39.5 Å². The highest BCUT2D eigenvalue weighted by Gasteiger charge is 2.60. The van der Waals surface area contributed by atoms with Gasteiger partial charge < -0.3 is 4.74 Å². The quantitative estimate of drug-likeness (QED) is 0.505. The van der Waals surface area contributed by atoms with Gasteiger partial charge in [-0.15, -0.1) is 0 Å². The maximum absolute atomic E-state index is 12.1. The standard InChI is InChI=1S/C28H34ClNO2/c1-27-12-10-20(31)15-18(27)6-7-21-22-8-9-24(28(22,2)13-11-23(21)27)25-16-30-26(32-25)17-4-3-5-19(29)14-17/h3-5,14-15,21-25H,6-13,16H2,1-2H3/t21-,22-,23-,24+,25-,27-,28-/m0/s1. The van der Waals surface area contributed by atoms with Crippen molar-refractivity contribution in [1.29, 1.82) is 0 Å². The Bertz CT molecular complexity index is 1010. The lowest BCUT2D eigenvalue weighted by molar-refractivity contribution is -0.117. The van der Waals surface area contributed by atoms with E-state index in [2.05, 4.69) is 13.8 Å². The second-order valence-corrected chi connectivity index (χ2v) is 11.9.